The van der Waals surface area contributed by atoms with Crippen LogP contribution in [0.1, 0.15) is 66.4 Å². The molecule has 1 aliphatic heterocycles. The topological polar surface area (TPSA) is 59.2 Å². The lowest BCUT2D eigenvalue weighted by molar-refractivity contribution is 0.0601. The number of aryl methyl sites for hydroxylation is 1. The molecule has 2 aromatic heterocycles. The molecule has 1 saturated heterocycles. The van der Waals surface area contributed by atoms with E-state index in [4.69, 9.17) is 4.42 Å². The molecule has 144 valence electrons. The fourth-order valence-corrected chi connectivity index (χ4v) is 4.17. The van der Waals surface area contributed by atoms with E-state index >= 15 is 0 Å². The second kappa shape index (κ2) is 7.38. The summed E-state index contributed by atoms with van der Waals surface area (Å²) in [6.07, 6.45) is 9.33. The summed E-state index contributed by atoms with van der Waals surface area (Å²) in [5.41, 5.74) is 3.38. The molecule has 5 rings (SSSR count). The van der Waals surface area contributed by atoms with E-state index in [9.17, 15) is 4.79 Å². The third-order valence-corrected chi connectivity index (χ3v) is 5.93. The summed E-state index contributed by atoms with van der Waals surface area (Å²) in [7, 11) is 0. The third kappa shape index (κ3) is 3.53. The minimum absolute atomic E-state index is 0.108. The molecule has 1 amide bonds. The van der Waals surface area contributed by atoms with E-state index in [1.807, 2.05) is 36.5 Å². The van der Waals surface area contributed by atoms with Crippen molar-refractivity contribution < 1.29 is 9.21 Å². The number of carbonyl (C=O) groups is 1. The van der Waals surface area contributed by atoms with Crippen molar-refractivity contribution >= 4 is 17.0 Å². The Labute approximate surface area is 164 Å². The molecule has 28 heavy (non-hydrogen) atoms. The van der Waals surface area contributed by atoms with E-state index in [-0.39, 0.29) is 11.9 Å². The Morgan fingerprint density at radius 2 is 2.07 bits per heavy atom. The number of likely N-dealkylation sites (tertiary alicyclic amines) is 1. The molecule has 0 N–H and O–H groups in total. The first-order valence-corrected chi connectivity index (χ1v) is 10.4. The zero-order valence-corrected chi connectivity index (χ0v) is 16.0. The number of hydrogen-bond acceptors (Lipinski definition) is 4. The Morgan fingerprint density at radius 1 is 1.14 bits per heavy atom. The minimum Gasteiger partial charge on any atom is -0.440 e. The number of oxazole rings is 1. The zero-order valence-electron chi connectivity index (χ0n) is 16.0. The zero-order chi connectivity index (χ0) is 18.9. The van der Waals surface area contributed by atoms with Gasteiger partial charge in [0.15, 0.2) is 11.5 Å². The van der Waals surface area contributed by atoms with Gasteiger partial charge in [0.2, 0.25) is 0 Å². The molecule has 5 heteroatoms. The highest BCUT2D eigenvalue weighted by Crippen LogP contribution is 2.40. The maximum atomic E-state index is 13.3. The molecule has 0 radical (unpaired) electrons. The molecule has 0 spiro atoms. The maximum absolute atomic E-state index is 13.3. The molecule has 0 unspecified atom stereocenters. The summed E-state index contributed by atoms with van der Waals surface area (Å²) >= 11 is 0. The van der Waals surface area contributed by atoms with E-state index in [1.165, 1.54) is 6.42 Å². The normalized spacial score (nSPS) is 19.9. The number of rotatable bonds is 5. The van der Waals surface area contributed by atoms with Crippen molar-refractivity contribution in [2.24, 2.45) is 0 Å². The summed E-state index contributed by atoms with van der Waals surface area (Å²) < 4.78 is 5.91. The van der Waals surface area contributed by atoms with Crippen LogP contribution in [0, 0.1) is 0 Å². The van der Waals surface area contributed by atoms with Gasteiger partial charge in [-0.2, -0.15) is 0 Å². The van der Waals surface area contributed by atoms with E-state index in [1.54, 1.807) is 0 Å². The summed E-state index contributed by atoms with van der Waals surface area (Å²) in [5, 5.41) is 0. The van der Waals surface area contributed by atoms with Gasteiger partial charge in [-0.15, -0.1) is 0 Å². The smallest absolute Gasteiger partial charge is 0.254 e. The van der Waals surface area contributed by atoms with Crippen LogP contribution in [0.15, 0.2) is 47.0 Å². The van der Waals surface area contributed by atoms with Gasteiger partial charge in [-0.1, -0.05) is 6.07 Å². The monoisotopic (exact) mass is 375 g/mol. The second-order valence-electron chi connectivity index (χ2n) is 8.02. The van der Waals surface area contributed by atoms with Crippen molar-refractivity contribution in [3.05, 3.63) is 59.7 Å². The van der Waals surface area contributed by atoms with Crippen LogP contribution in [-0.2, 0) is 6.42 Å². The first kappa shape index (κ1) is 17.4. The fourth-order valence-electron chi connectivity index (χ4n) is 4.17. The number of aromatic nitrogens is 2. The average molecular weight is 375 g/mol. The van der Waals surface area contributed by atoms with Crippen molar-refractivity contribution in [2.75, 3.05) is 6.54 Å². The van der Waals surface area contributed by atoms with E-state index in [0.717, 1.165) is 67.8 Å². The first-order chi connectivity index (χ1) is 13.8. The Kier molecular flexibility index (Phi) is 4.59. The van der Waals surface area contributed by atoms with Crippen molar-refractivity contribution in [1.29, 1.82) is 0 Å². The van der Waals surface area contributed by atoms with Crippen LogP contribution in [0.5, 0.6) is 0 Å². The van der Waals surface area contributed by atoms with Crippen LogP contribution in [0.2, 0.25) is 0 Å². The van der Waals surface area contributed by atoms with Crippen LogP contribution in [0.25, 0.3) is 11.1 Å². The number of nitrogens with zero attached hydrogens (tertiary/aromatic N) is 3. The molecule has 2 aliphatic rings. The van der Waals surface area contributed by atoms with Crippen molar-refractivity contribution in [1.82, 2.24) is 14.9 Å². The Morgan fingerprint density at radius 3 is 2.89 bits per heavy atom. The predicted octanol–water partition coefficient (Wildman–Crippen LogP) is 4.73. The van der Waals surface area contributed by atoms with Gasteiger partial charge in [-0.3, -0.25) is 9.78 Å². The number of carbonyl (C=O) groups excluding carboxylic acids is 1. The number of pyridine rings is 1. The molecule has 0 bridgehead atoms. The number of benzene rings is 1. The van der Waals surface area contributed by atoms with Crippen molar-refractivity contribution in [3.63, 3.8) is 0 Å². The number of hydrogen-bond donors (Lipinski definition) is 0. The van der Waals surface area contributed by atoms with E-state index < -0.39 is 0 Å². The highest BCUT2D eigenvalue weighted by atomic mass is 16.3. The van der Waals surface area contributed by atoms with Gasteiger partial charge in [0.05, 0.1) is 0 Å². The molecule has 1 aliphatic carbocycles. The molecule has 1 aromatic carbocycles. The quantitative estimate of drug-likeness (QED) is 0.647. The van der Waals surface area contributed by atoms with Gasteiger partial charge < -0.3 is 9.32 Å². The molecule has 3 heterocycles. The molecule has 5 nitrogen and oxygen atoms in total. The van der Waals surface area contributed by atoms with Gasteiger partial charge >= 0.3 is 0 Å². The van der Waals surface area contributed by atoms with Crippen LogP contribution in [0.4, 0.5) is 0 Å². The van der Waals surface area contributed by atoms with Crippen molar-refractivity contribution in [2.45, 2.75) is 56.9 Å². The fraction of sp³-hybridized carbons (Fsp3) is 0.435. The number of piperidine rings is 1. The first-order valence-electron chi connectivity index (χ1n) is 10.4. The van der Waals surface area contributed by atoms with Crippen LogP contribution in [-0.4, -0.2) is 33.4 Å². The highest BCUT2D eigenvalue weighted by molar-refractivity contribution is 5.97. The lowest BCUT2D eigenvalue weighted by atomic mass is 9.96. The van der Waals surface area contributed by atoms with Gasteiger partial charge in [0, 0.05) is 36.0 Å². The van der Waals surface area contributed by atoms with Crippen LogP contribution < -0.4 is 0 Å². The Hall–Kier alpha value is -2.69. The van der Waals surface area contributed by atoms with Gasteiger partial charge in [0.25, 0.3) is 5.91 Å². The van der Waals surface area contributed by atoms with E-state index in [0.29, 0.717) is 11.5 Å². The molecule has 1 atom stereocenters. The highest BCUT2D eigenvalue weighted by Gasteiger charge is 2.30. The SMILES string of the molecule is O=C(c1ccc2nc(C3CC3)oc2c1)N1CCCC[C@H]1CCc1ccccn1. The largest absolute Gasteiger partial charge is 0.440 e. The third-order valence-electron chi connectivity index (χ3n) is 5.93. The molecular weight excluding hydrogens is 350 g/mol. The molecule has 2 fully saturated rings. The number of amides is 1. The molecule has 3 aromatic rings. The molecule has 1 saturated carbocycles. The summed E-state index contributed by atoms with van der Waals surface area (Å²) in [4.78, 5) is 24.3. The Balaban J connectivity index is 1.33. The minimum atomic E-state index is 0.108. The lowest BCUT2D eigenvalue weighted by Gasteiger charge is -2.36. The van der Waals surface area contributed by atoms with Gasteiger partial charge in [-0.05, 0) is 75.3 Å². The summed E-state index contributed by atoms with van der Waals surface area (Å²) in [6, 6.07) is 12.0. The second-order valence-corrected chi connectivity index (χ2v) is 8.02. The molecular formula is C23H25N3O2. The summed E-state index contributed by atoms with van der Waals surface area (Å²) in [6.45, 7) is 0.827. The maximum Gasteiger partial charge on any atom is 0.254 e. The van der Waals surface area contributed by atoms with Gasteiger partial charge in [-0.25, -0.2) is 4.98 Å². The average Bonchev–Trinajstić information content (AvgIpc) is 3.51. The Bertz CT molecular complexity index is 978. The summed E-state index contributed by atoms with van der Waals surface area (Å²) in [5.74, 6) is 1.41. The predicted molar refractivity (Wildman–Crippen MR) is 107 cm³/mol. The number of fused-ring (bicyclic) bond motifs is 1. The van der Waals surface area contributed by atoms with E-state index in [2.05, 4.69) is 20.9 Å². The van der Waals surface area contributed by atoms with Crippen molar-refractivity contribution in [3.8, 4) is 0 Å². The van der Waals surface area contributed by atoms with Gasteiger partial charge in [0.1, 0.15) is 5.52 Å². The van der Waals surface area contributed by atoms with Crippen LogP contribution in [0.3, 0.4) is 0 Å². The standard InChI is InChI=1S/C23H25N3O2/c27-23(17-9-12-20-21(15-17)28-22(25-20)16-7-8-16)26-14-4-2-6-19(26)11-10-18-5-1-3-13-24-18/h1,3,5,9,12-13,15-16,19H,2,4,6-8,10-11,14H2/t19-/m0/s1. The lowest BCUT2D eigenvalue weighted by Crippen LogP contribution is -2.44. The van der Waals surface area contributed by atoms with Crippen LogP contribution >= 0.6 is 0 Å².